The van der Waals surface area contributed by atoms with Gasteiger partial charge in [-0.3, -0.25) is 0 Å². The number of phenols is 1. The zero-order chi connectivity index (χ0) is 20.6. The molecule has 2 rings (SSSR count). The number of methoxy groups -OCH3 is 1. The van der Waals surface area contributed by atoms with E-state index in [2.05, 4.69) is 0 Å². The van der Waals surface area contributed by atoms with E-state index >= 15 is 0 Å². The number of sulfone groups is 1. The highest BCUT2D eigenvalue weighted by Gasteiger charge is 2.15. The minimum absolute atomic E-state index is 0.100. The maximum atomic E-state index is 12.4. The Labute approximate surface area is 163 Å². The summed E-state index contributed by atoms with van der Waals surface area (Å²) in [5.74, 6) is -0.951. The summed E-state index contributed by atoms with van der Waals surface area (Å²) in [7, 11) is -1.90. The van der Waals surface area contributed by atoms with Crippen LogP contribution in [0.4, 0.5) is 0 Å². The molecule has 0 aromatic heterocycles. The number of carbonyl (C=O) groups is 1. The Kier molecular flexibility index (Phi) is 7.65. The van der Waals surface area contributed by atoms with Gasteiger partial charge in [0.1, 0.15) is 29.4 Å². The molecule has 0 radical (unpaired) electrons. The molecule has 0 fully saturated rings. The van der Waals surface area contributed by atoms with Gasteiger partial charge >= 0.3 is 5.97 Å². The largest absolute Gasteiger partial charge is 0.507 e. The lowest BCUT2D eigenvalue weighted by molar-refractivity contribution is 0.0693. The molecular weight excluding hydrogens is 388 g/mol. The third-order valence-corrected chi connectivity index (χ3v) is 5.58. The highest BCUT2D eigenvalue weighted by molar-refractivity contribution is 7.91. The molecule has 0 amide bonds. The summed E-state index contributed by atoms with van der Waals surface area (Å²) in [5, 5.41) is 18.5. The van der Waals surface area contributed by atoms with Crippen LogP contribution in [-0.2, 0) is 14.6 Å². The van der Waals surface area contributed by atoms with Crippen LogP contribution in [0.15, 0.2) is 47.4 Å². The lowest BCUT2D eigenvalue weighted by Gasteiger charge is -2.09. The molecule has 0 heterocycles. The van der Waals surface area contributed by atoms with Gasteiger partial charge in [0.25, 0.3) is 0 Å². The number of benzene rings is 2. The Bertz CT molecular complexity index is 891. The zero-order valence-electron chi connectivity index (χ0n) is 15.3. The minimum atomic E-state index is -3.47. The molecule has 8 nitrogen and oxygen atoms in total. The van der Waals surface area contributed by atoms with Crippen LogP contribution in [0, 0.1) is 0 Å². The van der Waals surface area contributed by atoms with Crippen molar-refractivity contribution in [2.45, 2.75) is 11.3 Å². The van der Waals surface area contributed by atoms with Gasteiger partial charge in [-0.25, -0.2) is 13.2 Å². The van der Waals surface area contributed by atoms with Crippen molar-refractivity contribution in [3.8, 4) is 17.2 Å². The van der Waals surface area contributed by atoms with E-state index in [1.54, 1.807) is 19.2 Å². The van der Waals surface area contributed by atoms with Gasteiger partial charge in [0, 0.05) is 13.2 Å². The van der Waals surface area contributed by atoms with Crippen LogP contribution in [-0.4, -0.2) is 57.3 Å². The lowest BCUT2D eigenvalue weighted by atomic mass is 10.2. The van der Waals surface area contributed by atoms with Gasteiger partial charge in [-0.2, -0.15) is 0 Å². The molecule has 28 heavy (non-hydrogen) atoms. The first-order valence-electron chi connectivity index (χ1n) is 8.47. The second-order valence-corrected chi connectivity index (χ2v) is 7.93. The number of rotatable bonds is 11. The van der Waals surface area contributed by atoms with E-state index < -0.39 is 21.6 Å². The molecule has 0 bridgehead atoms. The Morgan fingerprint density at radius 3 is 2.21 bits per heavy atom. The maximum absolute atomic E-state index is 12.4. The molecule has 0 aliphatic heterocycles. The topological polar surface area (TPSA) is 119 Å². The second-order valence-electron chi connectivity index (χ2n) is 5.82. The van der Waals surface area contributed by atoms with Crippen LogP contribution < -0.4 is 9.47 Å². The molecule has 0 aliphatic carbocycles. The van der Waals surface area contributed by atoms with Crippen molar-refractivity contribution in [1.82, 2.24) is 0 Å². The molecule has 0 unspecified atom stereocenters. The van der Waals surface area contributed by atoms with Crippen LogP contribution in [0.1, 0.15) is 16.8 Å². The van der Waals surface area contributed by atoms with Gasteiger partial charge in [0.05, 0.1) is 23.9 Å². The summed E-state index contributed by atoms with van der Waals surface area (Å²) in [6.07, 6.45) is 0.232. The first-order valence-corrected chi connectivity index (χ1v) is 10.1. The number of aromatic hydroxyl groups is 1. The van der Waals surface area contributed by atoms with Crippen molar-refractivity contribution in [1.29, 1.82) is 0 Å². The van der Waals surface area contributed by atoms with Crippen molar-refractivity contribution in [3.63, 3.8) is 0 Å². The average molecular weight is 410 g/mol. The number of ether oxygens (including phenoxy) is 3. The van der Waals surface area contributed by atoms with Crippen molar-refractivity contribution in [2.75, 3.05) is 32.7 Å². The van der Waals surface area contributed by atoms with Crippen LogP contribution in [0.2, 0.25) is 0 Å². The van der Waals surface area contributed by atoms with Crippen LogP contribution in [0.25, 0.3) is 0 Å². The quantitative estimate of drug-likeness (QED) is 0.542. The standard InChI is InChI=1S/C19H22O8S/c1-25-10-11-27-14-3-6-16(7-4-14)28(23,24)12-2-9-26-15-5-8-17(19(21)22)18(20)13-15/h3-8,13,20H,2,9-12H2,1H3,(H,21,22). The van der Waals surface area contributed by atoms with Gasteiger partial charge in [-0.1, -0.05) is 0 Å². The van der Waals surface area contributed by atoms with Crippen molar-refractivity contribution < 1.29 is 37.6 Å². The van der Waals surface area contributed by atoms with Crippen molar-refractivity contribution in [3.05, 3.63) is 48.0 Å². The molecule has 0 saturated carbocycles. The van der Waals surface area contributed by atoms with Gasteiger partial charge in [-0.15, -0.1) is 0 Å². The predicted octanol–water partition coefficient (Wildman–Crippen LogP) is 2.36. The van der Waals surface area contributed by atoms with Gasteiger partial charge in [-0.05, 0) is 42.8 Å². The monoisotopic (exact) mass is 410 g/mol. The smallest absolute Gasteiger partial charge is 0.339 e. The third-order valence-electron chi connectivity index (χ3n) is 3.76. The maximum Gasteiger partial charge on any atom is 0.339 e. The fraction of sp³-hybridized carbons (Fsp3) is 0.316. The molecule has 0 aliphatic rings. The molecule has 152 valence electrons. The van der Waals surface area contributed by atoms with E-state index in [0.717, 1.165) is 0 Å². The zero-order valence-corrected chi connectivity index (χ0v) is 16.1. The van der Waals surface area contributed by atoms with E-state index in [9.17, 15) is 18.3 Å². The van der Waals surface area contributed by atoms with Gasteiger partial charge in [0.2, 0.25) is 0 Å². The molecule has 2 aromatic carbocycles. The highest BCUT2D eigenvalue weighted by Crippen LogP contribution is 2.24. The number of hydrogen-bond donors (Lipinski definition) is 2. The van der Waals surface area contributed by atoms with Crippen molar-refractivity contribution >= 4 is 15.8 Å². The highest BCUT2D eigenvalue weighted by atomic mass is 32.2. The van der Waals surface area contributed by atoms with Crippen molar-refractivity contribution in [2.24, 2.45) is 0 Å². The fourth-order valence-corrected chi connectivity index (χ4v) is 3.61. The molecule has 9 heteroatoms. The average Bonchev–Trinajstić information content (AvgIpc) is 2.66. The number of carboxylic acids is 1. The van der Waals surface area contributed by atoms with E-state index in [1.807, 2.05) is 0 Å². The summed E-state index contributed by atoms with van der Waals surface area (Å²) in [5.41, 5.74) is -0.232. The second kappa shape index (κ2) is 9.95. The summed E-state index contributed by atoms with van der Waals surface area (Å²) in [6, 6.07) is 9.96. The Balaban J connectivity index is 1.84. The summed E-state index contributed by atoms with van der Waals surface area (Å²) >= 11 is 0. The van der Waals surface area contributed by atoms with Crippen LogP contribution in [0.3, 0.4) is 0 Å². The number of aromatic carboxylic acids is 1. The van der Waals surface area contributed by atoms with Crippen LogP contribution in [0.5, 0.6) is 17.2 Å². The third kappa shape index (κ3) is 6.14. The molecular formula is C19H22O8S. The molecule has 0 spiro atoms. The van der Waals surface area contributed by atoms with Crippen LogP contribution >= 0.6 is 0 Å². The molecule has 2 N–H and O–H groups in total. The summed E-state index contributed by atoms with van der Waals surface area (Å²) in [6.45, 7) is 0.920. The number of carboxylic acid groups (broad SMARTS) is 1. The van der Waals surface area contributed by atoms with Gasteiger partial charge < -0.3 is 24.4 Å². The van der Waals surface area contributed by atoms with E-state index in [-0.39, 0.29) is 35.0 Å². The van der Waals surface area contributed by atoms with E-state index in [1.165, 1.54) is 30.3 Å². The minimum Gasteiger partial charge on any atom is -0.507 e. The Hall–Kier alpha value is -2.78. The SMILES string of the molecule is COCCOc1ccc(S(=O)(=O)CCCOc2ccc(C(=O)O)c(O)c2)cc1. The molecule has 2 aromatic rings. The number of hydrogen-bond acceptors (Lipinski definition) is 7. The predicted molar refractivity (Wildman–Crippen MR) is 101 cm³/mol. The fourth-order valence-electron chi connectivity index (χ4n) is 2.32. The summed E-state index contributed by atoms with van der Waals surface area (Å²) < 4.78 is 40.4. The lowest BCUT2D eigenvalue weighted by Crippen LogP contribution is -2.11. The first-order chi connectivity index (χ1) is 13.3. The summed E-state index contributed by atoms with van der Waals surface area (Å²) in [4.78, 5) is 11.0. The Morgan fingerprint density at radius 1 is 0.964 bits per heavy atom. The normalized spacial score (nSPS) is 11.2. The Morgan fingerprint density at radius 2 is 1.61 bits per heavy atom. The van der Waals surface area contributed by atoms with E-state index in [0.29, 0.717) is 19.0 Å². The molecule has 0 saturated heterocycles. The van der Waals surface area contributed by atoms with E-state index in [4.69, 9.17) is 19.3 Å². The first kappa shape index (κ1) is 21.5. The molecule has 0 atom stereocenters. The van der Waals surface area contributed by atoms with Gasteiger partial charge in [0.15, 0.2) is 9.84 Å².